The minimum atomic E-state index is -0.216. The number of guanidine groups is 1. The fourth-order valence-electron chi connectivity index (χ4n) is 2.97. The highest BCUT2D eigenvalue weighted by molar-refractivity contribution is 14.0. The van der Waals surface area contributed by atoms with Crippen molar-refractivity contribution < 1.29 is 4.39 Å². The van der Waals surface area contributed by atoms with E-state index in [4.69, 9.17) is 0 Å². The third kappa shape index (κ3) is 5.59. The lowest BCUT2D eigenvalue weighted by Crippen LogP contribution is -2.44. The molecular formula is C19H24FIN4. The van der Waals surface area contributed by atoms with Gasteiger partial charge in [0.25, 0.3) is 0 Å². The van der Waals surface area contributed by atoms with Crippen LogP contribution in [0.1, 0.15) is 12.0 Å². The number of anilines is 1. The van der Waals surface area contributed by atoms with Crippen LogP contribution in [0.4, 0.5) is 10.1 Å². The summed E-state index contributed by atoms with van der Waals surface area (Å²) in [6.07, 6.45) is 1.07. The number of nitrogens with zero attached hydrogens (tertiary/aromatic N) is 2. The number of para-hydroxylation sites is 1. The van der Waals surface area contributed by atoms with E-state index in [2.05, 4.69) is 44.8 Å². The molecule has 0 saturated carbocycles. The minimum absolute atomic E-state index is 0. The average Bonchev–Trinajstić information content (AvgIpc) is 3.08. The largest absolute Gasteiger partial charge is 0.369 e. The van der Waals surface area contributed by atoms with Crippen molar-refractivity contribution in [3.8, 4) is 0 Å². The molecule has 1 atom stereocenters. The number of aliphatic imine (C=N–C) groups is 1. The van der Waals surface area contributed by atoms with Crippen LogP contribution in [0.3, 0.4) is 0 Å². The van der Waals surface area contributed by atoms with Crippen molar-refractivity contribution in [2.75, 3.05) is 25.0 Å². The number of nitrogens with one attached hydrogen (secondary N) is 2. The molecule has 0 spiro atoms. The molecule has 3 rings (SSSR count). The van der Waals surface area contributed by atoms with Gasteiger partial charge in [-0.05, 0) is 36.2 Å². The lowest BCUT2D eigenvalue weighted by molar-refractivity contribution is 0.623. The van der Waals surface area contributed by atoms with E-state index in [-0.39, 0.29) is 29.8 Å². The number of hydrogen-bond donors (Lipinski definition) is 2. The Morgan fingerprint density at radius 3 is 2.72 bits per heavy atom. The van der Waals surface area contributed by atoms with Gasteiger partial charge in [0.1, 0.15) is 5.82 Å². The number of halogens is 2. The summed E-state index contributed by atoms with van der Waals surface area (Å²) in [6, 6.07) is 17.4. The third-order valence-electron chi connectivity index (χ3n) is 4.22. The highest BCUT2D eigenvalue weighted by atomic mass is 127. The summed E-state index contributed by atoms with van der Waals surface area (Å²) in [5, 5.41) is 6.70. The predicted octanol–water partition coefficient (Wildman–Crippen LogP) is 3.39. The van der Waals surface area contributed by atoms with E-state index >= 15 is 0 Å². The summed E-state index contributed by atoms with van der Waals surface area (Å²) in [4.78, 5) is 6.64. The summed E-state index contributed by atoms with van der Waals surface area (Å²) in [5.41, 5.74) is 2.15. The fraction of sp³-hybridized carbons (Fsp3) is 0.316. The van der Waals surface area contributed by atoms with Crippen LogP contribution < -0.4 is 15.5 Å². The Labute approximate surface area is 165 Å². The molecule has 1 unspecified atom stereocenters. The van der Waals surface area contributed by atoms with Crippen molar-refractivity contribution >= 4 is 35.6 Å². The van der Waals surface area contributed by atoms with E-state index in [1.165, 1.54) is 17.8 Å². The van der Waals surface area contributed by atoms with E-state index in [1.54, 1.807) is 13.1 Å². The molecule has 1 aliphatic rings. The molecule has 0 amide bonds. The van der Waals surface area contributed by atoms with Crippen molar-refractivity contribution in [3.63, 3.8) is 0 Å². The molecule has 0 bridgehead atoms. The molecule has 2 aromatic rings. The smallest absolute Gasteiger partial charge is 0.191 e. The molecule has 0 aliphatic carbocycles. The first-order valence-corrected chi connectivity index (χ1v) is 8.26. The van der Waals surface area contributed by atoms with Crippen LogP contribution in [-0.4, -0.2) is 32.1 Å². The van der Waals surface area contributed by atoms with Gasteiger partial charge in [0.2, 0.25) is 0 Å². The first kappa shape index (κ1) is 19.5. The van der Waals surface area contributed by atoms with E-state index in [9.17, 15) is 4.39 Å². The molecular weight excluding hydrogens is 430 g/mol. The average molecular weight is 454 g/mol. The Morgan fingerprint density at radius 2 is 2.00 bits per heavy atom. The van der Waals surface area contributed by atoms with E-state index in [0.29, 0.717) is 12.6 Å². The second-order valence-corrected chi connectivity index (χ2v) is 5.97. The summed E-state index contributed by atoms with van der Waals surface area (Å²) in [7, 11) is 1.75. The second kappa shape index (κ2) is 9.60. The van der Waals surface area contributed by atoms with Crippen LogP contribution >= 0.6 is 24.0 Å². The molecule has 134 valence electrons. The van der Waals surface area contributed by atoms with Gasteiger partial charge in [-0.1, -0.05) is 30.3 Å². The second-order valence-electron chi connectivity index (χ2n) is 5.97. The molecule has 2 N–H and O–H groups in total. The zero-order valence-electron chi connectivity index (χ0n) is 14.3. The molecule has 2 aromatic carbocycles. The first-order valence-electron chi connectivity index (χ1n) is 8.26. The number of hydrogen-bond acceptors (Lipinski definition) is 2. The van der Waals surface area contributed by atoms with Crippen LogP contribution in [0.2, 0.25) is 0 Å². The van der Waals surface area contributed by atoms with Crippen molar-refractivity contribution in [1.82, 2.24) is 10.6 Å². The van der Waals surface area contributed by atoms with Crippen molar-refractivity contribution in [1.29, 1.82) is 0 Å². The Bertz CT molecular complexity index is 693. The van der Waals surface area contributed by atoms with Crippen LogP contribution in [0.5, 0.6) is 0 Å². The van der Waals surface area contributed by atoms with Crippen LogP contribution in [-0.2, 0) is 6.54 Å². The maximum absolute atomic E-state index is 13.2. The summed E-state index contributed by atoms with van der Waals surface area (Å²) in [6.45, 7) is 2.53. The monoisotopic (exact) mass is 454 g/mol. The van der Waals surface area contributed by atoms with Crippen LogP contribution in [0.15, 0.2) is 59.6 Å². The van der Waals surface area contributed by atoms with Crippen molar-refractivity contribution in [2.24, 2.45) is 4.99 Å². The molecule has 1 fully saturated rings. The van der Waals surface area contributed by atoms with Gasteiger partial charge < -0.3 is 15.5 Å². The lowest BCUT2D eigenvalue weighted by atomic mass is 10.2. The molecule has 0 radical (unpaired) electrons. The van der Waals surface area contributed by atoms with Gasteiger partial charge >= 0.3 is 0 Å². The molecule has 6 heteroatoms. The molecule has 1 aliphatic heterocycles. The molecule has 4 nitrogen and oxygen atoms in total. The fourth-order valence-corrected chi connectivity index (χ4v) is 2.97. The van der Waals surface area contributed by atoms with Gasteiger partial charge in [-0.25, -0.2) is 4.39 Å². The maximum Gasteiger partial charge on any atom is 0.191 e. The van der Waals surface area contributed by atoms with Gasteiger partial charge in [0.05, 0.1) is 0 Å². The predicted molar refractivity (Wildman–Crippen MR) is 112 cm³/mol. The summed E-state index contributed by atoms with van der Waals surface area (Å²) in [5.74, 6) is 0.533. The highest BCUT2D eigenvalue weighted by Gasteiger charge is 2.23. The molecule has 1 heterocycles. The Kier molecular flexibility index (Phi) is 7.49. The molecule has 0 aromatic heterocycles. The first-order chi connectivity index (χ1) is 11.7. The number of rotatable bonds is 4. The summed E-state index contributed by atoms with van der Waals surface area (Å²) >= 11 is 0. The van der Waals surface area contributed by atoms with Gasteiger partial charge in [0, 0.05) is 38.4 Å². The topological polar surface area (TPSA) is 39.7 Å². The van der Waals surface area contributed by atoms with Crippen LogP contribution in [0.25, 0.3) is 0 Å². The van der Waals surface area contributed by atoms with E-state index in [1.807, 2.05) is 12.1 Å². The van der Waals surface area contributed by atoms with Crippen LogP contribution in [0, 0.1) is 5.82 Å². The third-order valence-corrected chi connectivity index (χ3v) is 4.22. The van der Waals surface area contributed by atoms with Gasteiger partial charge in [0.15, 0.2) is 5.96 Å². The standard InChI is InChI=1S/C19H23FN4.HI/c1-21-19(22-13-15-6-5-7-16(20)12-15)23-17-10-11-24(14-17)18-8-3-2-4-9-18;/h2-9,12,17H,10-11,13-14H2,1H3,(H2,21,22,23);1H. The Hall–Kier alpha value is -1.83. The van der Waals surface area contributed by atoms with E-state index < -0.39 is 0 Å². The SMILES string of the molecule is CN=C(NCc1cccc(F)c1)NC1CCN(c2ccccc2)C1.I. The quantitative estimate of drug-likeness (QED) is 0.423. The molecule has 1 saturated heterocycles. The molecule has 25 heavy (non-hydrogen) atoms. The maximum atomic E-state index is 13.2. The Balaban J connectivity index is 0.00000225. The summed E-state index contributed by atoms with van der Waals surface area (Å²) < 4.78 is 13.2. The zero-order valence-corrected chi connectivity index (χ0v) is 16.6. The zero-order chi connectivity index (χ0) is 16.8. The minimum Gasteiger partial charge on any atom is -0.369 e. The van der Waals surface area contributed by atoms with Crippen molar-refractivity contribution in [2.45, 2.75) is 19.0 Å². The highest BCUT2D eigenvalue weighted by Crippen LogP contribution is 2.19. The van der Waals surface area contributed by atoms with Gasteiger partial charge in [-0.2, -0.15) is 0 Å². The van der Waals surface area contributed by atoms with Gasteiger partial charge in [-0.15, -0.1) is 24.0 Å². The van der Waals surface area contributed by atoms with Gasteiger partial charge in [-0.3, -0.25) is 4.99 Å². The number of benzene rings is 2. The normalized spacial score (nSPS) is 17.1. The van der Waals surface area contributed by atoms with E-state index in [0.717, 1.165) is 31.0 Å². The van der Waals surface area contributed by atoms with Crippen molar-refractivity contribution in [3.05, 3.63) is 66.0 Å². The lowest BCUT2D eigenvalue weighted by Gasteiger charge is -2.20. The Morgan fingerprint density at radius 1 is 1.20 bits per heavy atom.